The number of hydrogen-bond donors (Lipinski definition) is 1. The van der Waals surface area contributed by atoms with Crippen LogP contribution in [0, 0.1) is 0 Å². The van der Waals surface area contributed by atoms with Crippen molar-refractivity contribution in [1.29, 1.82) is 0 Å². The third-order valence-corrected chi connectivity index (χ3v) is 5.78. The molecule has 0 unspecified atom stereocenters. The van der Waals surface area contributed by atoms with Crippen LogP contribution < -0.4 is 0 Å². The van der Waals surface area contributed by atoms with Gasteiger partial charge in [-0.3, -0.25) is 0 Å². The highest BCUT2D eigenvalue weighted by Gasteiger charge is 2.34. The molecule has 98 valence electrons. The summed E-state index contributed by atoms with van der Waals surface area (Å²) in [4.78, 5) is 10.9. The summed E-state index contributed by atoms with van der Waals surface area (Å²) in [6.07, 6.45) is -4.37. The molecule has 2 aromatic heterocycles. The summed E-state index contributed by atoms with van der Waals surface area (Å²) in [6.45, 7) is 1.83. The van der Waals surface area contributed by atoms with Gasteiger partial charge in [-0.15, -0.1) is 34.4 Å². The predicted molar refractivity (Wildman–Crippen MR) is 68.1 cm³/mol. The van der Waals surface area contributed by atoms with Gasteiger partial charge < -0.3 is 5.11 Å². The van der Waals surface area contributed by atoms with E-state index < -0.39 is 17.0 Å². The van der Waals surface area contributed by atoms with Crippen molar-refractivity contribution in [3.8, 4) is 0 Å². The van der Waals surface area contributed by atoms with Gasteiger partial charge in [-0.2, -0.15) is 13.2 Å². The molecule has 2 rings (SSSR count). The van der Waals surface area contributed by atoms with Crippen LogP contribution in [0.15, 0.2) is 11.0 Å². The average Bonchev–Trinajstić information content (AvgIpc) is 2.76. The van der Waals surface area contributed by atoms with Crippen molar-refractivity contribution in [3.63, 3.8) is 0 Å². The molecule has 2 nitrogen and oxygen atoms in total. The molecule has 0 aliphatic heterocycles. The molecule has 8 heteroatoms. The van der Waals surface area contributed by atoms with Crippen LogP contribution in [-0.2, 0) is 6.18 Å². The highest BCUT2D eigenvalue weighted by atomic mass is 32.2. The maximum Gasteiger partial charge on any atom is 0.425 e. The number of fused-ring (bicyclic) bond motifs is 1. The molecular weight excluding hydrogens is 305 g/mol. The largest absolute Gasteiger partial charge is 0.477 e. The summed E-state index contributed by atoms with van der Waals surface area (Å²) in [5.74, 6) is -0.473. The van der Waals surface area contributed by atoms with Crippen LogP contribution in [0.1, 0.15) is 21.5 Å². The quantitative estimate of drug-likeness (QED) is 0.828. The first-order valence-electron chi connectivity index (χ1n) is 4.84. The summed E-state index contributed by atoms with van der Waals surface area (Å²) in [5, 5.41) is 9.02. The standard InChI is InChI=1S/C10H7F3O2S3/c1-2-16-7-6-4(17-8(7)9(14)15)3-5(18-6)10(11,12)13/h3H,2H2,1H3,(H,14,15). The second-order valence-corrected chi connectivity index (χ2v) is 6.68. The van der Waals surface area contributed by atoms with Gasteiger partial charge in [0.1, 0.15) is 9.75 Å². The third-order valence-electron chi connectivity index (χ3n) is 2.08. The van der Waals surface area contributed by atoms with Crippen LogP contribution in [0.2, 0.25) is 0 Å². The maximum atomic E-state index is 12.6. The van der Waals surface area contributed by atoms with E-state index in [0.717, 1.165) is 17.4 Å². The molecule has 0 atom stereocenters. The molecule has 0 saturated heterocycles. The molecule has 2 heterocycles. The normalized spacial score (nSPS) is 12.2. The average molecular weight is 312 g/mol. The van der Waals surface area contributed by atoms with Crippen molar-refractivity contribution in [1.82, 2.24) is 0 Å². The summed E-state index contributed by atoms with van der Waals surface area (Å²) in [5.41, 5.74) is 0. The Kier molecular flexibility index (Phi) is 3.61. The lowest BCUT2D eigenvalue weighted by Crippen LogP contribution is -2.00. The van der Waals surface area contributed by atoms with Gasteiger partial charge in [0.05, 0.1) is 9.60 Å². The zero-order chi connectivity index (χ0) is 13.5. The summed E-state index contributed by atoms with van der Waals surface area (Å²) in [6, 6.07) is 1.02. The minimum Gasteiger partial charge on any atom is -0.477 e. The fraction of sp³-hybridized carbons (Fsp3) is 0.300. The molecule has 18 heavy (non-hydrogen) atoms. The lowest BCUT2D eigenvalue weighted by atomic mass is 10.4. The molecule has 0 aromatic carbocycles. The smallest absolute Gasteiger partial charge is 0.425 e. The van der Waals surface area contributed by atoms with Crippen LogP contribution in [0.3, 0.4) is 0 Å². The lowest BCUT2D eigenvalue weighted by molar-refractivity contribution is -0.134. The SMILES string of the molecule is CCSc1c(C(=O)O)sc2cc(C(F)(F)F)sc12. The number of carboxylic acids is 1. The van der Waals surface area contributed by atoms with E-state index in [1.807, 2.05) is 6.92 Å². The van der Waals surface area contributed by atoms with E-state index >= 15 is 0 Å². The number of thioether (sulfide) groups is 1. The van der Waals surface area contributed by atoms with Gasteiger partial charge in [-0.1, -0.05) is 6.92 Å². The molecule has 0 fully saturated rings. The van der Waals surface area contributed by atoms with Crippen LogP contribution >= 0.6 is 34.4 Å². The molecule has 0 radical (unpaired) electrons. The van der Waals surface area contributed by atoms with Crippen LogP contribution in [0.5, 0.6) is 0 Å². The van der Waals surface area contributed by atoms with E-state index in [2.05, 4.69) is 0 Å². The molecule has 1 N–H and O–H groups in total. The topological polar surface area (TPSA) is 37.3 Å². The first-order chi connectivity index (χ1) is 8.34. The van der Waals surface area contributed by atoms with Crippen molar-refractivity contribution >= 4 is 49.8 Å². The first-order valence-corrected chi connectivity index (χ1v) is 7.46. The van der Waals surface area contributed by atoms with E-state index in [1.165, 1.54) is 11.8 Å². The number of halogens is 3. The summed E-state index contributed by atoms with van der Waals surface area (Å²) < 4.78 is 38.5. The van der Waals surface area contributed by atoms with Crippen molar-refractivity contribution in [2.45, 2.75) is 18.0 Å². The Hall–Kier alpha value is -0.730. The predicted octanol–water partition coefficient (Wildman–Crippen LogP) is 4.79. The molecule has 0 aliphatic rings. The van der Waals surface area contributed by atoms with Gasteiger partial charge in [0.25, 0.3) is 0 Å². The van der Waals surface area contributed by atoms with Gasteiger partial charge in [0.15, 0.2) is 0 Å². The van der Waals surface area contributed by atoms with Crippen LogP contribution in [0.25, 0.3) is 9.40 Å². The van der Waals surface area contributed by atoms with E-state index in [1.54, 1.807) is 0 Å². The molecule has 0 bridgehead atoms. The Balaban J connectivity index is 2.62. The fourth-order valence-electron chi connectivity index (χ4n) is 1.42. The van der Waals surface area contributed by atoms with E-state index in [9.17, 15) is 18.0 Å². The Bertz CT molecular complexity index is 597. The van der Waals surface area contributed by atoms with Crippen molar-refractivity contribution in [2.75, 3.05) is 5.75 Å². The number of hydrogen-bond acceptors (Lipinski definition) is 4. The number of aromatic carboxylic acids is 1. The van der Waals surface area contributed by atoms with Gasteiger partial charge >= 0.3 is 12.1 Å². The second kappa shape index (κ2) is 4.75. The molecule has 0 aliphatic carbocycles. The summed E-state index contributed by atoms with van der Waals surface area (Å²) >= 11 is 2.77. The maximum absolute atomic E-state index is 12.6. The lowest BCUT2D eigenvalue weighted by Gasteiger charge is -2.01. The van der Waals surface area contributed by atoms with Gasteiger partial charge in [0.2, 0.25) is 0 Å². The van der Waals surface area contributed by atoms with Gasteiger partial charge in [-0.25, -0.2) is 4.79 Å². The van der Waals surface area contributed by atoms with Gasteiger partial charge in [-0.05, 0) is 11.8 Å². The Morgan fingerprint density at radius 3 is 2.61 bits per heavy atom. The van der Waals surface area contributed by atoms with Crippen molar-refractivity contribution in [3.05, 3.63) is 15.8 Å². The Labute approximate surface area is 112 Å². The minimum atomic E-state index is -4.37. The van der Waals surface area contributed by atoms with Crippen LogP contribution in [-0.4, -0.2) is 16.8 Å². The van der Waals surface area contributed by atoms with E-state index in [-0.39, 0.29) is 4.88 Å². The van der Waals surface area contributed by atoms with Crippen molar-refractivity contribution < 1.29 is 23.1 Å². The zero-order valence-electron chi connectivity index (χ0n) is 9.00. The first kappa shape index (κ1) is 13.7. The third kappa shape index (κ3) is 2.36. The van der Waals surface area contributed by atoms with Gasteiger partial charge in [0, 0.05) is 4.70 Å². The highest BCUT2D eigenvalue weighted by molar-refractivity contribution is 7.99. The number of rotatable bonds is 3. The number of thiophene rings is 2. The molecule has 2 aromatic rings. The van der Waals surface area contributed by atoms with Crippen molar-refractivity contribution in [2.24, 2.45) is 0 Å². The monoisotopic (exact) mass is 312 g/mol. The second-order valence-electron chi connectivity index (χ2n) is 3.30. The molecule has 0 spiro atoms. The minimum absolute atomic E-state index is 0.122. The molecule has 0 saturated carbocycles. The Morgan fingerprint density at radius 2 is 2.11 bits per heavy atom. The summed E-state index contributed by atoms with van der Waals surface area (Å²) in [7, 11) is 0. The number of carbonyl (C=O) groups is 1. The number of alkyl halides is 3. The van der Waals surface area contributed by atoms with E-state index in [4.69, 9.17) is 5.11 Å². The number of carboxylic acid groups (broad SMARTS) is 1. The molecular formula is C10H7F3O2S3. The van der Waals surface area contributed by atoms with E-state index in [0.29, 0.717) is 31.4 Å². The molecule has 0 amide bonds. The Morgan fingerprint density at radius 1 is 1.44 bits per heavy atom. The highest BCUT2D eigenvalue weighted by Crippen LogP contribution is 2.46. The fourth-order valence-corrected chi connectivity index (χ4v) is 4.97. The van der Waals surface area contributed by atoms with Crippen LogP contribution in [0.4, 0.5) is 13.2 Å². The zero-order valence-corrected chi connectivity index (χ0v) is 11.4.